The molecule has 0 aromatic carbocycles. The maximum absolute atomic E-state index is 12.2. The molecule has 0 atom stereocenters. The Hall–Kier alpha value is -0.980. The van der Waals surface area contributed by atoms with Crippen LogP contribution in [0.2, 0.25) is 0 Å². The van der Waals surface area contributed by atoms with Gasteiger partial charge in [-0.15, -0.1) is 0 Å². The Morgan fingerprint density at radius 3 is 2.41 bits per heavy atom. The van der Waals surface area contributed by atoms with Gasteiger partial charge in [0.25, 0.3) is 0 Å². The molecule has 0 saturated carbocycles. The number of alkyl halides is 3. The molecule has 0 bridgehead atoms. The van der Waals surface area contributed by atoms with Crippen LogP contribution in [-0.2, 0) is 0 Å². The van der Waals surface area contributed by atoms with Gasteiger partial charge in [0, 0.05) is 6.42 Å². The summed E-state index contributed by atoms with van der Waals surface area (Å²) in [5.74, 6) is 0.114. The summed E-state index contributed by atoms with van der Waals surface area (Å²) in [4.78, 5) is 1.38. The van der Waals surface area contributed by atoms with Crippen LogP contribution < -0.4 is 5.73 Å². The molecule has 102 valence electrons. The van der Waals surface area contributed by atoms with Crippen molar-refractivity contribution in [3.8, 4) is 0 Å². The third-order valence-electron chi connectivity index (χ3n) is 2.23. The van der Waals surface area contributed by atoms with Gasteiger partial charge >= 0.3 is 6.18 Å². The third-order valence-corrected chi connectivity index (χ3v) is 2.23. The number of rotatable bonds is 8. The molecule has 0 rings (SSSR count). The largest absolute Gasteiger partial charge is 0.409 e. The minimum atomic E-state index is -4.15. The van der Waals surface area contributed by atoms with Crippen molar-refractivity contribution >= 4 is 5.84 Å². The van der Waals surface area contributed by atoms with E-state index in [9.17, 15) is 13.2 Å². The Bertz CT molecular complexity index is 231. The van der Waals surface area contributed by atoms with Crippen LogP contribution in [0, 0.1) is 0 Å². The molecule has 0 aromatic rings. The van der Waals surface area contributed by atoms with E-state index in [1.807, 2.05) is 6.92 Å². The van der Waals surface area contributed by atoms with Gasteiger partial charge in [0.2, 0.25) is 0 Å². The molecule has 0 saturated heterocycles. The summed E-state index contributed by atoms with van der Waals surface area (Å²) in [7, 11) is 0. The maximum atomic E-state index is 12.2. The highest BCUT2D eigenvalue weighted by atomic mass is 19.4. The van der Waals surface area contributed by atoms with Gasteiger partial charge in [-0.1, -0.05) is 12.1 Å². The first-order valence-electron chi connectivity index (χ1n) is 5.64. The summed E-state index contributed by atoms with van der Waals surface area (Å²) >= 11 is 0. The van der Waals surface area contributed by atoms with E-state index in [0.717, 1.165) is 0 Å². The van der Waals surface area contributed by atoms with E-state index in [0.29, 0.717) is 38.8 Å². The Kier molecular flexibility index (Phi) is 7.69. The van der Waals surface area contributed by atoms with Crippen LogP contribution in [0.15, 0.2) is 5.16 Å². The summed E-state index contributed by atoms with van der Waals surface area (Å²) in [6.45, 7) is 1.79. The van der Waals surface area contributed by atoms with Crippen LogP contribution >= 0.6 is 0 Å². The molecule has 0 aliphatic heterocycles. The Morgan fingerprint density at radius 2 is 1.94 bits per heavy atom. The topological polar surface area (TPSA) is 61.8 Å². The van der Waals surface area contributed by atoms with Crippen molar-refractivity contribution in [3.63, 3.8) is 0 Å². The van der Waals surface area contributed by atoms with E-state index in [4.69, 9.17) is 10.9 Å². The standard InChI is InChI=1S/C10H20F3N3O/c1-2-6-16(8-10(11,12)13)7-4-3-5-9(14)15-17/h17H,2-8H2,1H3,(H2,14,15). The molecule has 17 heavy (non-hydrogen) atoms. The molecule has 0 aromatic heterocycles. The number of nitrogens with zero attached hydrogens (tertiary/aromatic N) is 2. The predicted molar refractivity (Wildman–Crippen MR) is 60.0 cm³/mol. The van der Waals surface area contributed by atoms with Crippen LogP contribution in [0.4, 0.5) is 13.2 Å². The fourth-order valence-corrected chi connectivity index (χ4v) is 1.53. The quantitative estimate of drug-likeness (QED) is 0.230. The van der Waals surface area contributed by atoms with Crippen molar-refractivity contribution < 1.29 is 18.4 Å². The predicted octanol–water partition coefficient (Wildman–Crippen LogP) is 2.18. The molecule has 0 unspecified atom stereocenters. The third kappa shape index (κ3) is 9.92. The second-order valence-electron chi connectivity index (χ2n) is 3.94. The van der Waals surface area contributed by atoms with Crippen LogP contribution in [0.25, 0.3) is 0 Å². The Balaban J connectivity index is 3.85. The van der Waals surface area contributed by atoms with Gasteiger partial charge in [0.05, 0.1) is 6.54 Å². The zero-order chi connectivity index (χ0) is 13.3. The van der Waals surface area contributed by atoms with Gasteiger partial charge in [-0.05, 0) is 32.4 Å². The lowest BCUT2D eigenvalue weighted by Crippen LogP contribution is -2.35. The van der Waals surface area contributed by atoms with Crippen molar-refractivity contribution in [3.05, 3.63) is 0 Å². The van der Waals surface area contributed by atoms with Crippen molar-refractivity contribution in [1.82, 2.24) is 4.90 Å². The van der Waals surface area contributed by atoms with Gasteiger partial charge in [0.15, 0.2) is 0 Å². The Labute approximate surface area is 99.3 Å². The van der Waals surface area contributed by atoms with Gasteiger partial charge in [0.1, 0.15) is 5.84 Å². The zero-order valence-electron chi connectivity index (χ0n) is 10.0. The van der Waals surface area contributed by atoms with Gasteiger partial charge in [-0.2, -0.15) is 13.2 Å². The van der Waals surface area contributed by atoms with Crippen LogP contribution in [0.1, 0.15) is 32.6 Å². The first-order chi connectivity index (χ1) is 7.89. The number of amidine groups is 1. The maximum Gasteiger partial charge on any atom is 0.401 e. The fourth-order valence-electron chi connectivity index (χ4n) is 1.53. The fraction of sp³-hybridized carbons (Fsp3) is 0.900. The number of hydrogen-bond donors (Lipinski definition) is 2. The van der Waals surface area contributed by atoms with Crippen molar-refractivity contribution in [1.29, 1.82) is 0 Å². The number of halogens is 3. The average Bonchev–Trinajstić information content (AvgIpc) is 2.22. The van der Waals surface area contributed by atoms with E-state index in [-0.39, 0.29) is 5.84 Å². The van der Waals surface area contributed by atoms with Crippen molar-refractivity contribution in [2.75, 3.05) is 19.6 Å². The molecule has 0 heterocycles. The van der Waals surface area contributed by atoms with Gasteiger partial charge in [-0.25, -0.2) is 0 Å². The molecular formula is C10H20F3N3O. The highest BCUT2D eigenvalue weighted by Crippen LogP contribution is 2.17. The van der Waals surface area contributed by atoms with E-state index in [1.165, 1.54) is 4.90 Å². The minimum absolute atomic E-state index is 0.114. The summed E-state index contributed by atoms with van der Waals surface area (Å²) in [6.07, 6.45) is -1.83. The molecule has 0 amide bonds. The summed E-state index contributed by atoms with van der Waals surface area (Å²) in [5, 5.41) is 11.1. The molecule has 0 aliphatic rings. The normalized spacial score (nSPS) is 13.4. The monoisotopic (exact) mass is 255 g/mol. The van der Waals surface area contributed by atoms with Gasteiger partial charge in [-0.3, -0.25) is 4.90 Å². The lowest BCUT2D eigenvalue weighted by molar-refractivity contribution is -0.146. The lowest BCUT2D eigenvalue weighted by atomic mass is 10.2. The first-order valence-corrected chi connectivity index (χ1v) is 5.64. The highest BCUT2D eigenvalue weighted by Gasteiger charge is 2.29. The Morgan fingerprint density at radius 1 is 1.29 bits per heavy atom. The second kappa shape index (κ2) is 8.16. The van der Waals surface area contributed by atoms with Crippen LogP contribution in [0.3, 0.4) is 0 Å². The molecule has 3 N–H and O–H groups in total. The highest BCUT2D eigenvalue weighted by molar-refractivity contribution is 5.79. The van der Waals surface area contributed by atoms with E-state index in [1.54, 1.807) is 0 Å². The number of unbranched alkanes of at least 4 members (excludes halogenated alkanes) is 1. The summed E-state index contributed by atoms with van der Waals surface area (Å²) in [5.41, 5.74) is 5.26. The van der Waals surface area contributed by atoms with E-state index in [2.05, 4.69) is 5.16 Å². The van der Waals surface area contributed by atoms with Crippen LogP contribution in [-0.4, -0.2) is 41.8 Å². The summed E-state index contributed by atoms with van der Waals surface area (Å²) < 4.78 is 36.6. The summed E-state index contributed by atoms with van der Waals surface area (Å²) in [6, 6.07) is 0. The lowest BCUT2D eigenvalue weighted by Gasteiger charge is -2.22. The average molecular weight is 255 g/mol. The molecule has 7 heteroatoms. The van der Waals surface area contributed by atoms with Crippen LogP contribution in [0.5, 0.6) is 0 Å². The SMILES string of the molecule is CCCN(CCCCC(N)=NO)CC(F)(F)F. The molecule has 0 radical (unpaired) electrons. The van der Waals surface area contributed by atoms with Crippen molar-refractivity contribution in [2.24, 2.45) is 10.9 Å². The number of hydrogen-bond acceptors (Lipinski definition) is 3. The first kappa shape index (κ1) is 16.0. The van der Waals surface area contributed by atoms with Crippen molar-refractivity contribution in [2.45, 2.75) is 38.8 Å². The van der Waals surface area contributed by atoms with E-state index < -0.39 is 12.7 Å². The van der Waals surface area contributed by atoms with E-state index >= 15 is 0 Å². The molecular weight excluding hydrogens is 235 g/mol. The molecule has 0 aliphatic carbocycles. The number of nitrogens with two attached hydrogens (primary N) is 1. The number of oxime groups is 1. The zero-order valence-corrected chi connectivity index (χ0v) is 10.0. The molecule has 4 nitrogen and oxygen atoms in total. The molecule has 0 spiro atoms. The second-order valence-corrected chi connectivity index (χ2v) is 3.94. The molecule has 0 fully saturated rings. The minimum Gasteiger partial charge on any atom is -0.409 e. The smallest absolute Gasteiger partial charge is 0.401 e. The van der Waals surface area contributed by atoms with Gasteiger partial charge < -0.3 is 10.9 Å².